The largest absolute Gasteiger partial charge is 0.324 e. The van der Waals surface area contributed by atoms with Gasteiger partial charge < -0.3 is 5.73 Å². The summed E-state index contributed by atoms with van der Waals surface area (Å²) < 4.78 is 0. The lowest BCUT2D eigenvalue weighted by Crippen LogP contribution is -2.12. The number of hydrogen-bond acceptors (Lipinski definition) is 2. The summed E-state index contributed by atoms with van der Waals surface area (Å²) in [6.07, 6.45) is 3.69. The van der Waals surface area contributed by atoms with Crippen LogP contribution in [0.2, 0.25) is 0 Å². The van der Waals surface area contributed by atoms with Crippen molar-refractivity contribution in [2.75, 3.05) is 0 Å². The van der Waals surface area contributed by atoms with Gasteiger partial charge in [0.2, 0.25) is 0 Å². The van der Waals surface area contributed by atoms with E-state index in [2.05, 4.69) is 37.0 Å². The lowest BCUT2D eigenvalue weighted by molar-refractivity contribution is 0.643. The van der Waals surface area contributed by atoms with Crippen LogP contribution in [0.15, 0.2) is 42.6 Å². The van der Waals surface area contributed by atoms with Gasteiger partial charge in [-0.2, -0.15) is 0 Å². The van der Waals surface area contributed by atoms with Crippen LogP contribution in [-0.4, -0.2) is 4.98 Å². The average molecular weight is 240 g/mol. The second-order valence-corrected chi connectivity index (χ2v) is 4.81. The molecule has 94 valence electrons. The molecule has 18 heavy (non-hydrogen) atoms. The molecule has 1 atom stereocenters. The van der Waals surface area contributed by atoms with Gasteiger partial charge in [0.15, 0.2) is 0 Å². The van der Waals surface area contributed by atoms with Crippen LogP contribution in [0, 0.1) is 13.8 Å². The molecule has 0 bridgehead atoms. The van der Waals surface area contributed by atoms with Crippen LogP contribution >= 0.6 is 0 Å². The number of aryl methyl sites for hydroxylation is 3. The zero-order valence-electron chi connectivity index (χ0n) is 11.1. The molecule has 2 aromatic rings. The van der Waals surface area contributed by atoms with Crippen LogP contribution in [0.3, 0.4) is 0 Å². The van der Waals surface area contributed by atoms with Crippen LogP contribution in [0.1, 0.15) is 34.8 Å². The predicted molar refractivity (Wildman–Crippen MR) is 75.4 cm³/mol. The summed E-state index contributed by atoms with van der Waals surface area (Å²) in [7, 11) is 0. The monoisotopic (exact) mass is 240 g/mol. The minimum Gasteiger partial charge on any atom is -0.324 e. The van der Waals surface area contributed by atoms with Crippen LogP contribution in [0.4, 0.5) is 0 Å². The second-order valence-electron chi connectivity index (χ2n) is 4.81. The third-order valence-electron chi connectivity index (χ3n) is 3.40. The highest BCUT2D eigenvalue weighted by Gasteiger charge is 2.07. The van der Waals surface area contributed by atoms with E-state index in [0.717, 1.165) is 18.5 Å². The highest BCUT2D eigenvalue weighted by atomic mass is 14.7. The molecule has 1 aromatic carbocycles. The lowest BCUT2D eigenvalue weighted by atomic mass is 9.98. The summed E-state index contributed by atoms with van der Waals surface area (Å²) in [6.45, 7) is 4.25. The third-order valence-corrected chi connectivity index (χ3v) is 3.40. The van der Waals surface area contributed by atoms with Crippen molar-refractivity contribution in [1.29, 1.82) is 0 Å². The van der Waals surface area contributed by atoms with Gasteiger partial charge in [-0.15, -0.1) is 0 Å². The van der Waals surface area contributed by atoms with Crippen molar-refractivity contribution in [3.63, 3.8) is 0 Å². The van der Waals surface area contributed by atoms with Gasteiger partial charge in [-0.3, -0.25) is 4.98 Å². The molecular formula is C16H20N2. The molecule has 0 aliphatic heterocycles. The zero-order chi connectivity index (χ0) is 13.0. The van der Waals surface area contributed by atoms with E-state index in [-0.39, 0.29) is 6.04 Å². The summed E-state index contributed by atoms with van der Waals surface area (Å²) in [5, 5.41) is 0. The maximum Gasteiger partial charge on any atom is 0.0404 e. The maximum atomic E-state index is 6.23. The van der Waals surface area contributed by atoms with Crippen molar-refractivity contribution in [2.45, 2.75) is 32.7 Å². The number of nitrogens with two attached hydrogens (primary N) is 1. The summed E-state index contributed by atoms with van der Waals surface area (Å²) in [6, 6.07) is 12.6. The van der Waals surface area contributed by atoms with E-state index in [9.17, 15) is 0 Å². The normalized spacial score (nSPS) is 12.4. The number of nitrogens with zero attached hydrogens (tertiary/aromatic N) is 1. The lowest BCUT2D eigenvalue weighted by Gasteiger charge is -2.13. The third kappa shape index (κ3) is 3.17. The van der Waals surface area contributed by atoms with E-state index in [1.807, 2.05) is 24.4 Å². The fraction of sp³-hybridized carbons (Fsp3) is 0.312. The van der Waals surface area contributed by atoms with Gasteiger partial charge in [0.25, 0.3) is 0 Å². The second kappa shape index (κ2) is 5.78. The van der Waals surface area contributed by atoms with Gasteiger partial charge in [-0.25, -0.2) is 0 Å². The summed E-state index contributed by atoms with van der Waals surface area (Å²) in [4.78, 5) is 4.32. The number of aromatic nitrogens is 1. The Bertz CT molecular complexity index is 506. The van der Waals surface area contributed by atoms with Crippen LogP contribution < -0.4 is 5.73 Å². The van der Waals surface area contributed by atoms with Crippen molar-refractivity contribution in [2.24, 2.45) is 5.73 Å². The van der Waals surface area contributed by atoms with Gasteiger partial charge in [-0.05, 0) is 55.5 Å². The molecule has 2 heteroatoms. The topological polar surface area (TPSA) is 38.9 Å². The Morgan fingerprint density at radius 2 is 1.94 bits per heavy atom. The Kier molecular flexibility index (Phi) is 4.11. The van der Waals surface area contributed by atoms with Crippen molar-refractivity contribution in [1.82, 2.24) is 4.98 Å². The standard InChI is InChI=1S/C16H20N2/c1-12-6-7-14(11-13(12)2)16(17)9-8-15-5-3-4-10-18-15/h3-7,10-11,16H,8-9,17H2,1-2H3. The fourth-order valence-electron chi connectivity index (χ4n) is 2.01. The molecule has 2 N–H and O–H groups in total. The molecule has 0 radical (unpaired) electrons. The minimum atomic E-state index is 0.0892. The molecule has 0 saturated carbocycles. The number of hydrogen-bond donors (Lipinski definition) is 1. The molecule has 0 amide bonds. The molecule has 0 aliphatic rings. The maximum absolute atomic E-state index is 6.23. The highest BCUT2D eigenvalue weighted by Crippen LogP contribution is 2.19. The van der Waals surface area contributed by atoms with Crippen molar-refractivity contribution >= 4 is 0 Å². The van der Waals surface area contributed by atoms with Gasteiger partial charge in [0.05, 0.1) is 0 Å². The minimum absolute atomic E-state index is 0.0892. The Labute approximate surface area is 109 Å². The first-order valence-electron chi connectivity index (χ1n) is 6.39. The molecule has 1 heterocycles. The van der Waals surface area contributed by atoms with E-state index in [1.165, 1.54) is 16.7 Å². The Hall–Kier alpha value is -1.67. The first kappa shape index (κ1) is 12.8. The molecule has 0 fully saturated rings. The van der Waals surface area contributed by atoms with Crippen LogP contribution in [0.25, 0.3) is 0 Å². The molecule has 0 saturated heterocycles. The van der Waals surface area contributed by atoms with E-state index in [4.69, 9.17) is 5.73 Å². The zero-order valence-corrected chi connectivity index (χ0v) is 11.1. The van der Waals surface area contributed by atoms with E-state index in [0.29, 0.717) is 0 Å². The number of benzene rings is 1. The van der Waals surface area contributed by atoms with Crippen molar-refractivity contribution < 1.29 is 0 Å². The molecule has 2 nitrogen and oxygen atoms in total. The Morgan fingerprint density at radius 3 is 2.61 bits per heavy atom. The van der Waals surface area contributed by atoms with Crippen LogP contribution in [0.5, 0.6) is 0 Å². The Morgan fingerprint density at radius 1 is 1.11 bits per heavy atom. The highest BCUT2D eigenvalue weighted by molar-refractivity contribution is 5.31. The molecular weight excluding hydrogens is 220 g/mol. The molecule has 0 spiro atoms. The molecule has 2 rings (SSSR count). The molecule has 0 aliphatic carbocycles. The summed E-state index contributed by atoms with van der Waals surface area (Å²) in [5.74, 6) is 0. The van der Waals surface area contributed by atoms with Gasteiger partial charge in [-0.1, -0.05) is 24.3 Å². The first-order chi connectivity index (χ1) is 8.66. The molecule has 1 aromatic heterocycles. The van der Waals surface area contributed by atoms with Crippen molar-refractivity contribution in [3.8, 4) is 0 Å². The quantitative estimate of drug-likeness (QED) is 0.890. The predicted octanol–water partition coefficient (Wildman–Crippen LogP) is 3.33. The smallest absolute Gasteiger partial charge is 0.0404 e. The number of pyridine rings is 1. The van der Waals surface area contributed by atoms with E-state index < -0.39 is 0 Å². The fourth-order valence-corrected chi connectivity index (χ4v) is 2.01. The van der Waals surface area contributed by atoms with Crippen LogP contribution in [-0.2, 0) is 6.42 Å². The average Bonchev–Trinajstić information content (AvgIpc) is 2.40. The van der Waals surface area contributed by atoms with E-state index in [1.54, 1.807) is 0 Å². The summed E-state index contributed by atoms with van der Waals surface area (Å²) >= 11 is 0. The first-order valence-corrected chi connectivity index (χ1v) is 6.39. The Balaban J connectivity index is 1.99. The van der Waals surface area contributed by atoms with Gasteiger partial charge in [0.1, 0.15) is 0 Å². The summed E-state index contributed by atoms with van der Waals surface area (Å²) in [5.41, 5.74) is 11.2. The molecule has 1 unspecified atom stereocenters. The SMILES string of the molecule is Cc1ccc(C(N)CCc2ccccn2)cc1C. The van der Waals surface area contributed by atoms with Crippen molar-refractivity contribution in [3.05, 3.63) is 65.0 Å². The van der Waals surface area contributed by atoms with Gasteiger partial charge in [0, 0.05) is 17.9 Å². The van der Waals surface area contributed by atoms with E-state index >= 15 is 0 Å². The number of rotatable bonds is 4. The van der Waals surface area contributed by atoms with Gasteiger partial charge >= 0.3 is 0 Å².